The van der Waals surface area contributed by atoms with Crippen LogP contribution in [0.2, 0.25) is 0 Å². The summed E-state index contributed by atoms with van der Waals surface area (Å²) in [4.78, 5) is 13.4. The number of phenols is 1. The molecule has 4 heteroatoms. The van der Waals surface area contributed by atoms with Crippen LogP contribution in [0.1, 0.15) is 10.4 Å². The average molecular weight is 309 g/mol. The van der Waals surface area contributed by atoms with Crippen molar-refractivity contribution in [2.24, 2.45) is 0 Å². The number of fused-ring (bicyclic) bond motifs is 1. The molecular formula is C18H15NO2S. The summed E-state index contributed by atoms with van der Waals surface area (Å²) in [6.07, 6.45) is 1.96. The van der Waals surface area contributed by atoms with Gasteiger partial charge in [-0.3, -0.25) is 4.79 Å². The topological polar surface area (TPSA) is 49.3 Å². The van der Waals surface area contributed by atoms with Crippen LogP contribution in [0, 0.1) is 0 Å². The van der Waals surface area contributed by atoms with E-state index in [1.54, 1.807) is 23.9 Å². The standard InChI is InChI=1S/C18H15NO2S/c1-22-17-9-5-4-8-15(17)19-18(21)14-10-12-6-2-3-7-13(12)11-16(14)20/h2-11,20H,1H3,(H,19,21). The number of hydrogen-bond donors (Lipinski definition) is 2. The molecule has 1 amide bonds. The van der Waals surface area contributed by atoms with Gasteiger partial charge in [-0.2, -0.15) is 0 Å². The number of carbonyl (C=O) groups excluding carboxylic acids is 1. The largest absolute Gasteiger partial charge is 0.507 e. The highest BCUT2D eigenvalue weighted by atomic mass is 32.2. The van der Waals surface area contributed by atoms with Crippen LogP contribution in [0.15, 0.2) is 65.6 Å². The normalized spacial score (nSPS) is 10.6. The summed E-state index contributed by atoms with van der Waals surface area (Å²) in [6, 6.07) is 18.5. The molecule has 3 aromatic carbocycles. The van der Waals surface area contributed by atoms with E-state index in [0.717, 1.165) is 21.4 Å². The van der Waals surface area contributed by atoms with Crippen molar-refractivity contribution in [1.29, 1.82) is 0 Å². The van der Waals surface area contributed by atoms with Crippen molar-refractivity contribution in [3.05, 3.63) is 66.2 Å². The fourth-order valence-electron chi connectivity index (χ4n) is 2.35. The lowest BCUT2D eigenvalue weighted by molar-refractivity contribution is 0.102. The second kappa shape index (κ2) is 6.12. The van der Waals surface area contributed by atoms with Gasteiger partial charge in [0.1, 0.15) is 5.75 Å². The molecule has 0 fully saturated rings. The van der Waals surface area contributed by atoms with Gasteiger partial charge in [0.2, 0.25) is 0 Å². The molecule has 3 aromatic rings. The van der Waals surface area contributed by atoms with E-state index < -0.39 is 0 Å². The van der Waals surface area contributed by atoms with Crippen molar-refractivity contribution in [3.63, 3.8) is 0 Å². The zero-order valence-corrected chi connectivity index (χ0v) is 12.9. The van der Waals surface area contributed by atoms with E-state index in [9.17, 15) is 9.90 Å². The molecule has 2 N–H and O–H groups in total. The molecule has 0 bridgehead atoms. The summed E-state index contributed by atoms with van der Waals surface area (Å²) in [5, 5.41) is 14.8. The first-order valence-corrected chi connectivity index (χ1v) is 8.07. The molecule has 0 aliphatic heterocycles. The third-order valence-corrected chi connectivity index (χ3v) is 4.26. The zero-order chi connectivity index (χ0) is 15.5. The van der Waals surface area contributed by atoms with E-state index in [-0.39, 0.29) is 17.2 Å². The number of phenolic OH excluding ortho intramolecular Hbond substituents is 1. The summed E-state index contributed by atoms with van der Waals surface area (Å²) in [7, 11) is 0. The molecule has 0 aliphatic rings. The number of benzene rings is 3. The van der Waals surface area contributed by atoms with Crippen LogP contribution in [-0.2, 0) is 0 Å². The van der Waals surface area contributed by atoms with Crippen LogP contribution in [0.25, 0.3) is 10.8 Å². The van der Waals surface area contributed by atoms with E-state index >= 15 is 0 Å². The Morgan fingerprint density at radius 3 is 2.36 bits per heavy atom. The Labute approximate surface area is 133 Å². The number of amides is 1. The number of aromatic hydroxyl groups is 1. The van der Waals surface area contributed by atoms with Gasteiger partial charge in [-0.05, 0) is 41.3 Å². The van der Waals surface area contributed by atoms with Gasteiger partial charge in [0.05, 0.1) is 11.3 Å². The lowest BCUT2D eigenvalue weighted by atomic mass is 10.1. The minimum absolute atomic E-state index is 0.0159. The Morgan fingerprint density at radius 2 is 1.64 bits per heavy atom. The Balaban J connectivity index is 1.97. The summed E-state index contributed by atoms with van der Waals surface area (Å²) >= 11 is 1.56. The lowest BCUT2D eigenvalue weighted by Crippen LogP contribution is -2.12. The highest BCUT2D eigenvalue weighted by molar-refractivity contribution is 7.98. The third kappa shape index (κ3) is 2.78. The van der Waals surface area contributed by atoms with Gasteiger partial charge >= 0.3 is 0 Å². The number of para-hydroxylation sites is 1. The second-order valence-corrected chi connectivity index (χ2v) is 5.72. The lowest BCUT2D eigenvalue weighted by Gasteiger charge is -2.11. The molecule has 0 aromatic heterocycles. The molecule has 22 heavy (non-hydrogen) atoms. The number of nitrogens with one attached hydrogen (secondary N) is 1. The first-order chi connectivity index (χ1) is 10.7. The maximum Gasteiger partial charge on any atom is 0.259 e. The zero-order valence-electron chi connectivity index (χ0n) is 12.0. The van der Waals surface area contributed by atoms with E-state index in [1.807, 2.05) is 54.8 Å². The van der Waals surface area contributed by atoms with E-state index in [0.29, 0.717) is 0 Å². The van der Waals surface area contributed by atoms with E-state index in [1.165, 1.54) is 0 Å². The van der Waals surface area contributed by atoms with Crippen molar-refractivity contribution < 1.29 is 9.90 Å². The van der Waals surface area contributed by atoms with Gasteiger partial charge in [0, 0.05) is 4.90 Å². The predicted octanol–water partition coefficient (Wildman–Crippen LogP) is 4.52. The molecule has 110 valence electrons. The van der Waals surface area contributed by atoms with Crippen LogP contribution in [0.4, 0.5) is 5.69 Å². The van der Waals surface area contributed by atoms with Crippen molar-refractivity contribution in [2.45, 2.75) is 4.90 Å². The number of carbonyl (C=O) groups is 1. The molecule has 0 radical (unpaired) electrons. The molecule has 0 spiro atoms. The molecule has 0 atom stereocenters. The quantitative estimate of drug-likeness (QED) is 0.699. The smallest absolute Gasteiger partial charge is 0.259 e. The van der Waals surface area contributed by atoms with E-state index in [4.69, 9.17) is 0 Å². The van der Waals surface area contributed by atoms with Gasteiger partial charge in [-0.1, -0.05) is 36.4 Å². The predicted molar refractivity (Wildman–Crippen MR) is 91.8 cm³/mol. The first-order valence-electron chi connectivity index (χ1n) is 6.85. The number of hydrogen-bond acceptors (Lipinski definition) is 3. The summed E-state index contributed by atoms with van der Waals surface area (Å²) in [5.41, 5.74) is 1.02. The van der Waals surface area contributed by atoms with Crippen molar-refractivity contribution >= 4 is 34.1 Å². The Bertz CT molecular complexity index is 845. The van der Waals surface area contributed by atoms with Crippen LogP contribution >= 0.6 is 11.8 Å². The fraction of sp³-hybridized carbons (Fsp3) is 0.0556. The molecule has 3 nitrogen and oxygen atoms in total. The molecular weight excluding hydrogens is 294 g/mol. The molecule has 3 rings (SSSR count). The molecule has 0 unspecified atom stereocenters. The molecule has 0 heterocycles. The average Bonchev–Trinajstić information content (AvgIpc) is 2.54. The highest BCUT2D eigenvalue weighted by Crippen LogP contribution is 2.28. The van der Waals surface area contributed by atoms with Gasteiger partial charge in [0.15, 0.2) is 0 Å². The third-order valence-electron chi connectivity index (χ3n) is 3.46. The molecule has 0 aliphatic carbocycles. The van der Waals surface area contributed by atoms with E-state index in [2.05, 4.69) is 5.32 Å². The summed E-state index contributed by atoms with van der Waals surface area (Å²) in [6.45, 7) is 0. The van der Waals surface area contributed by atoms with Crippen molar-refractivity contribution in [2.75, 3.05) is 11.6 Å². The minimum atomic E-state index is -0.315. The number of rotatable bonds is 3. The van der Waals surface area contributed by atoms with Crippen LogP contribution < -0.4 is 5.32 Å². The SMILES string of the molecule is CSc1ccccc1NC(=O)c1cc2ccccc2cc1O. The van der Waals surface area contributed by atoms with Crippen LogP contribution in [0.3, 0.4) is 0 Å². The Kier molecular flexibility index (Phi) is 4.02. The van der Waals surface area contributed by atoms with Gasteiger partial charge < -0.3 is 10.4 Å². The summed E-state index contributed by atoms with van der Waals surface area (Å²) < 4.78 is 0. The summed E-state index contributed by atoms with van der Waals surface area (Å²) in [5.74, 6) is -0.331. The molecule has 0 saturated heterocycles. The first kappa shape index (κ1) is 14.5. The van der Waals surface area contributed by atoms with Gasteiger partial charge in [0.25, 0.3) is 5.91 Å². The van der Waals surface area contributed by atoms with Crippen LogP contribution in [-0.4, -0.2) is 17.3 Å². The number of anilines is 1. The Hall–Kier alpha value is -2.46. The van der Waals surface area contributed by atoms with Gasteiger partial charge in [-0.25, -0.2) is 0 Å². The maximum absolute atomic E-state index is 12.5. The minimum Gasteiger partial charge on any atom is -0.507 e. The fourth-order valence-corrected chi connectivity index (χ4v) is 2.90. The van der Waals surface area contributed by atoms with Gasteiger partial charge in [-0.15, -0.1) is 11.8 Å². The monoisotopic (exact) mass is 309 g/mol. The van der Waals surface area contributed by atoms with Crippen molar-refractivity contribution in [1.82, 2.24) is 0 Å². The second-order valence-electron chi connectivity index (χ2n) is 4.87. The number of thioether (sulfide) groups is 1. The van der Waals surface area contributed by atoms with Crippen molar-refractivity contribution in [3.8, 4) is 5.75 Å². The van der Waals surface area contributed by atoms with Crippen LogP contribution in [0.5, 0.6) is 5.75 Å². The maximum atomic E-state index is 12.5. The highest BCUT2D eigenvalue weighted by Gasteiger charge is 2.14. The Morgan fingerprint density at radius 1 is 1.00 bits per heavy atom. The molecule has 0 saturated carbocycles.